The van der Waals surface area contributed by atoms with E-state index in [1.54, 1.807) is 0 Å². The number of rotatable bonds is 3. The third-order valence-electron chi connectivity index (χ3n) is 4.53. The molecule has 0 spiro atoms. The molecule has 0 radical (unpaired) electrons. The predicted molar refractivity (Wildman–Crippen MR) is 67.5 cm³/mol. The second-order valence-electron chi connectivity index (χ2n) is 5.73. The van der Waals surface area contributed by atoms with Gasteiger partial charge in [-0.3, -0.25) is 0 Å². The Bertz CT molecular complexity index is 191. The normalized spacial score (nSPS) is 34.1. The first-order valence-corrected chi connectivity index (χ1v) is 7.21. The van der Waals surface area contributed by atoms with Crippen molar-refractivity contribution < 1.29 is 5.11 Å². The lowest BCUT2D eigenvalue weighted by molar-refractivity contribution is 0.0550. The lowest BCUT2D eigenvalue weighted by Crippen LogP contribution is -2.43. The van der Waals surface area contributed by atoms with E-state index in [0.29, 0.717) is 0 Å². The summed E-state index contributed by atoms with van der Waals surface area (Å²) in [5.41, 5.74) is 0. The highest BCUT2D eigenvalue weighted by Crippen LogP contribution is 2.28. The van der Waals surface area contributed by atoms with Crippen molar-refractivity contribution >= 4 is 0 Å². The Labute approximate surface area is 100 Å². The predicted octanol–water partition coefficient (Wildman–Crippen LogP) is 2.80. The first-order chi connectivity index (χ1) is 7.79. The van der Waals surface area contributed by atoms with Gasteiger partial charge in [0.15, 0.2) is 0 Å². The van der Waals surface area contributed by atoms with E-state index in [0.717, 1.165) is 24.8 Å². The van der Waals surface area contributed by atoms with Crippen molar-refractivity contribution in [1.29, 1.82) is 0 Å². The molecule has 0 aromatic heterocycles. The van der Waals surface area contributed by atoms with Gasteiger partial charge in [-0.15, -0.1) is 0 Å². The number of aliphatic hydroxyl groups is 1. The van der Waals surface area contributed by atoms with E-state index in [9.17, 15) is 5.11 Å². The van der Waals surface area contributed by atoms with Crippen LogP contribution in [0.25, 0.3) is 0 Å². The number of aliphatic hydroxyl groups excluding tert-OH is 1. The Kier molecular flexibility index (Phi) is 4.66. The molecule has 16 heavy (non-hydrogen) atoms. The summed E-state index contributed by atoms with van der Waals surface area (Å²) in [6.07, 6.45) is 10.1. The van der Waals surface area contributed by atoms with E-state index in [4.69, 9.17) is 0 Å². The summed E-state index contributed by atoms with van der Waals surface area (Å²) in [6.45, 7) is 4.92. The molecule has 2 aliphatic rings. The number of nitrogens with zero attached hydrogens (tertiary/aromatic N) is 1. The smallest absolute Gasteiger partial charge is 0.0541 e. The Morgan fingerprint density at radius 1 is 1.00 bits per heavy atom. The number of piperidine rings is 1. The molecule has 2 fully saturated rings. The zero-order chi connectivity index (χ0) is 11.4. The molecule has 2 rings (SSSR count). The molecule has 0 aromatic rings. The SMILES string of the molecule is CCCC1CCN(C2CCC(O)CC2)CC1. The maximum atomic E-state index is 9.52. The summed E-state index contributed by atoms with van der Waals surface area (Å²) < 4.78 is 0. The maximum absolute atomic E-state index is 9.52. The molecule has 1 N–H and O–H groups in total. The van der Waals surface area contributed by atoms with Crippen molar-refractivity contribution in [1.82, 2.24) is 4.90 Å². The van der Waals surface area contributed by atoms with Gasteiger partial charge in [-0.1, -0.05) is 19.8 Å². The van der Waals surface area contributed by atoms with Crippen LogP contribution < -0.4 is 0 Å². The first kappa shape index (κ1) is 12.4. The van der Waals surface area contributed by atoms with Gasteiger partial charge in [0, 0.05) is 6.04 Å². The van der Waals surface area contributed by atoms with Crippen LogP contribution in [0.2, 0.25) is 0 Å². The highest BCUT2D eigenvalue weighted by molar-refractivity contribution is 4.82. The molecule has 1 saturated heterocycles. The van der Waals surface area contributed by atoms with E-state index in [2.05, 4.69) is 11.8 Å². The fourth-order valence-corrected chi connectivity index (χ4v) is 3.44. The van der Waals surface area contributed by atoms with E-state index < -0.39 is 0 Å². The van der Waals surface area contributed by atoms with Gasteiger partial charge in [0.2, 0.25) is 0 Å². The second kappa shape index (κ2) is 6.02. The standard InChI is InChI=1S/C14H27NO/c1-2-3-12-8-10-15(11-9-12)13-4-6-14(16)7-5-13/h12-14,16H,2-11H2,1H3. The molecule has 0 amide bonds. The van der Waals surface area contributed by atoms with Gasteiger partial charge in [-0.2, -0.15) is 0 Å². The maximum Gasteiger partial charge on any atom is 0.0541 e. The van der Waals surface area contributed by atoms with E-state index in [1.807, 2.05) is 0 Å². The Morgan fingerprint density at radius 2 is 1.62 bits per heavy atom. The summed E-state index contributed by atoms with van der Waals surface area (Å²) in [7, 11) is 0. The van der Waals surface area contributed by atoms with Crippen LogP contribution in [0, 0.1) is 5.92 Å². The molecule has 1 aliphatic heterocycles. The topological polar surface area (TPSA) is 23.5 Å². The lowest BCUT2D eigenvalue weighted by Gasteiger charge is -2.40. The van der Waals surface area contributed by atoms with Crippen molar-refractivity contribution in [2.45, 2.75) is 70.4 Å². The van der Waals surface area contributed by atoms with Crippen molar-refractivity contribution in [2.24, 2.45) is 5.92 Å². The third-order valence-corrected chi connectivity index (χ3v) is 4.53. The summed E-state index contributed by atoms with van der Waals surface area (Å²) in [5.74, 6) is 0.996. The largest absolute Gasteiger partial charge is 0.393 e. The van der Waals surface area contributed by atoms with E-state index in [1.165, 1.54) is 51.6 Å². The van der Waals surface area contributed by atoms with Gasteiger partial charge in [-0.05, 0) is 57.5 Å². The van der Waals surface area contributed by atoms with Gasteiger partial charge >= 0.3 is 0 Å². The summed E-state index contributed by atoms with van der Waals surface area (Å²) in [5, 5.41) is 9.52. The molecular formula is C14H27NO. The molecule has 1 heterocycles. The molecule has 0 atom stereocenters. The highest BCUT2D eigenvalue weighted by Gasteiger charge is 2.27. The Balaban J connectivity index is 1.72. The van der Waals surface area contributed by atoms with Crippen LogP contribution in [0.3, 0.4) is 0 Å². The number of hydrogen-bond acceptors (Lipinski definition) is 2. The molecule has 0 unspecified atom stereocenters. The summed E-state index contributed by atoms with van der Waals surface area (Å²) in [4.78, 5) is 2.69. The van der Waals surface area contributed by atoms with Gasteiger partial charge in [0.05, 0.1) is 6.10 Å². The van der Waals surface area contributed by atoms with Crippen LogP contribution >= 0.6 is 0 Å². The van der Waals surface area contributed by atoms with E-state index >= 15 is 0 Å². The lowest BCUT2D eigenvalue weighted by atomic mass is 9.87. The van der Waals surface area contributed by atoms with Crippen LogP contribution in [0.1, 0.15) is 58.3 Å². The molecule has 0 bridgehead atoms. The van der Waals surface area contributed by atoms with Crippen molar-refractivity contribution in [3.63, 3.8) is 0 Å². The number of hydrogen-bond donors (Lipinski definition) is 1. The fraction of sp³-hybridized carbons (Fsp3) is 1.00. The average molecular weight is 225 g/mol. The molecular weight excluding hydrogens is 198 g/mol. The summed E-state index contributed by atoms with van der Waals surface area (Å²) >= 11 is 0. The Morgan fingerprint density at radius 3 is 2.19 bits per heavy atom. The van der Waals surface area contributed by atoms with Gasteiger partial charge in [0.25, 0.3) is 0 Å². The van der Waals surface area contributed by atoms with Gasteiger partial charge < -0.3 is 10.0 Å². The average Bonchev–Trinajstić information content (AvgIpc) is 2.32. The Hall–Kier alpha value is -0.0800. The van der Waals surface area contributed by atoms with Crippen molar-refractivity contribution in [3.05, 3.63) is 0 Å². The number of likely N-dealkylation sites (tertiary alicyclic amines) is 1. The van der Waals surface area contributed by atoms with Crippen LogP contribution in [-0.4, -0.2) is 35.2 Å². The molecule has 94 valence electrons. The summed E-state index contributed by atoms with van der Waals surface area (Å²) in [6, 6.07) is 0.783. The van der Waals surface area contributed by atoms with Crippen LogP contribution in [0.4, 0.5) is 0 Å². The first-order valence-electron chi connectivity index (χ1n) is 7.21. The minimum absolute atomic E-state index is 0.00567. The van der Waals surface area contributed by atoms with Crippen LogP contribution in [-0.2, 0) is 0 Å². The molecule has 0 aromatic carbocycles. The van der Waals surface area contributed by atoms with Crippen molar-refractivity contribution in [2.75, 3.05) is 13.1 Å². The minimum atomic E-state index is -0.00567. The highest BCUT2D eigenvalue weighted by atomic mass is 16.3. The monoisotopic (exact) mass is 225 g/mol. The second-order valence-corrected chi connectivity index (χ2v) is 5.73. The molecule has 2 nitrogen and oxygen atoms in total. The van der Waals surface area contributed by atoms with Crippen LogP contribution in [0.5, 0.6) is 0 Å². The third kappa shape index (κ3) is 3.21. The van der Waals surface area contributed by atoms with Gasteiger partial charge in [-0.25, -0.2) is 0 Å². The molecule has 2 heteroatoms. The minimum Gasteiger partial charge on any atom is -0.393 e. The fourth-order valence-electron chi connectivity index (χ4n) is 3.44. The van der Waals surface area contributed by atoms with Crippen LogP contribution in [0.15, 0.2) is 0 Å². The van der Waals surface area contributed by atoms with E-state index in [-0.39, 0.29) is 6.10 Å². The van der Waals surface area contributed by atoms with Gasteiger partial charge in [0.1, 0.15) is 0 Å². The molecule has 1 aliphatic carbocycles. The zero-order valence-corrected chi connectivity index (χ0v) is 10.7. The molecule has 1 saturated carbocycles. The quantitative estimate of drug-likeness (QED) is 0.798. The zero-order valence-electron chi connectivity index (χ0n) is 10.7. The van der Waals surface area contributed by atoms with Crippen molar-refractivity contribution in [3.8, 4) is 0 Å².